The first kappa shape index (κ1) is 16.6. The Morgan fingerprint density at radius 1 is 0.960 bits per heavy atom. The molecule has 5 heteroatoms. The van der Waals surface area contributed by atoms with E-state index in [4.69, 9.17) is 0 Å². The summed E-state index contributed by atoms with van der Waals surface area (Å²) in [5.41, 5.74) is 3.76. The monoisotopic (exact) mass is 335 g/mol. The lowest BCUT2D eigenvalue weighted by atomic mass is 10.1. The summed E-state index contributed by atoms with van der Waals surface area (Å²) in [5, 5.41) is 5.95. The van der Waals surface area contributed by atoms with Gasteiger partial charge in [0.1, 0.15) is 5.82 Å². The summed E-state index contributed by atoms with van der Waals surface area (Å²) in [6.45, 7) is 2.08. The molecule has 3 aromatic rings. The van der Waals surface area contributed by atoms with E-state index >= 15 is 0 Å². The third-order valence-electron chi connectivity index (χ3n) is 3.75. The van der Waals surface area contributed by atoms with Gasteiger partial charge >= 0.3 is 0 Å². The molecular weight excluding hydrogens is 317 g/mol. The summed E-state index contributed by atoms with van der Waals surface area (Å²) in [6.07, 6.45) is 4.07. The summed E-state index contributed by atoms with van der Waals surface area (Å²) < 4.78 is 13.0. The fraction of sp³-hybridized carbons (Fsp3) is 0.100. The van der Waals surface area contributed by atoms with Gasteiger partial charge in [-0.2, -0.15) is 0 Å². The van der Waals surface area contributed by atoms with E-state index in [0.717, 1.165) is 17.8 Å². The first-order valence-electron chi connectivity index (χ1n) is 8.02. The highest BCUT2D eigenvalue weighted by Crippen LogP contribution is 2.18. The minimum absolute atomic E-state index is 0.237. The molecule has 25 heavy (non-hydrogen) atoms. The maximum atomic E-state index is 13.0. The highest BCUT2D eigenvalue weighted by molar-refractivity contribution is 6.04. The smallest absolute Gasteiger partial charge is 0.257 e. The molecule has 1 amide bonds. The van der Waals surface area contributed by atoms with Crippen molar-refractivity contribution in [3.63, 3.8) is 0 Å². The lowest BCUT2D eigenvalue weighted by Gasteiger charge is -2.09. The number of benzene rings is 2. The topological polar surface area (TPSA) is 54.0 Å². The molecule has 0 unspecified atom stereocenters. The number of pyridine rings is 1. The van der Waals surface area contributed by atoms with Gasteiger partial charge in [0.2, 0.25) is 0 Å². The second kappa shape index (κ2) is 7.57. The molecule has 0 radical (unpaired) electrons. The number of carbonyl (C=O) groups is 1. The molecule has 0 aliphatic carbocycles. The van der Waals surface area contributed by atoms with E-state index in [0.29, 0.717) is 11.3 Å². The minimum Gasteiger partial charge on any atom is -0.354 e. The number of nitrogens with one attached hydrogen (secondary N) is 2. The Bertz CT molecular complexity index is 861. The van der Waals surface area contributed by atoms with Gasteiger partial charge in [0.25, 0.3) is 5.91 Å². The average Bonchev–Trinajstić information content (AvgIpc) is 2.64. The Hall–Kier alpha value is -3.21. The van der Waals surface area contributed by atoms with Crippen LogP contribution >= 0.6 is 0 Å². The van der Waals surface area contributed by atoms with Crippen LogP contribution in [0, 0.1) is 5.82 Å². The van der Waals surface area contributed by atoms with Gasteiger partial charge in [-0.05, 0) is 54.4 Å². The standard InChI is InChI=1S/C20H18FN3O/c1-2-14-3-7-18(8-4-14)24-20(25)15-11-19(13-22-12-15)23-17-9-5-16(21)6-10-17/h3-13,23H,2H2,1H3,(H,24,25). The van der Waals surface area contributed by atoms with Crippen LogP contribution < -0.4 is 10.6 Å². The fourth-order valence-electron chi connectivity index (χ4n) is 2.36. The van der Waals surface area contributed by atoms with Crippen LogP contribution in [0.1, 0.15) is 22.8 Å². The molecule has 2 aromatic carbocycles. The lowest BCUT2D eigenvalue weighted by molar-refractivity contribution is 0.102. The van der Waals surface area contributed by atoms with Crippen molar-refractivity contribution in [1.82, 2.24) is 4.98 Å². The largest absolute Gasteiger partial charge is 0.354 e. The summed E-state index contributed by atoms with van der Waals surface area (Å²) >= 11 is 0. The van der Waals surface area contributed by atoms with Gasteiger partial charge in [-0.3, -0.25) is 9.78 Å². The van der Waals surface area contributed by atoms with Gasteiger partial charge < -0.3 is 10.6 Å². The van der Waals surface area contributed by atoms with E-state index in [2.05, 4.69) is 22.5 Å². The number of aryl methyl sites for hydroxylation is 1. The zero-order valence-electron chi connectivity index (χ0n) is 13.8. The summed E-state index contributed by atoms with van der Waals surface area (Å²) in [7, 11) is 0. The zero-order chi connectivity index (χ0) is 17.6. The van der Waals surface area contributed by atoms with Crippen LogP contribution in [0.2, 0.25) is 0 Å². The fourth-order valence-corrected chi connectivity index (χ4v) is 2.36. The number of aromatic nitrogens is 1. The third-order valence-corrected chi connectivity index (χ3v) is 3.75. The molecule has 0 aliphatic rings. The molecule has 126 valence electrons. The minimum atomic E-state index is -0.300. The van der Waals surface area contributed by atoms with Crippen LogP contribution in [-0.4, -0.2) is 10.9 Å². The summed E-state index contributed by atoms with van der Waals surface area (Å²) in [5.74, 6) is -0.537. The van der Waals surface area contributed by atoms with Crippen molar-refractivity contribution in [2.45, 2.75) is 13.3 Å². The number of halogens is 1. The molecule has 0 saturated carbocycles. The molecule has 3 rings (SSSR count). The molecule has 1 aromatic heterocycles. The number of hydrogen-bond acceptors (Lipinski definition) is 3. The molecule has 0 saturated heterocycles. The number of amides is 1. The van der Waals surface area contributed by atoms with Gasteiger partial charge in [0.15, 0.2) is 0 Å². The average molecular weight is 335 g/mol. The van der Waals surface area contributed by atoms with E-state index in [1.165, 1.54) is 23.9 Å². The normalized spacial score (nSPS) is 10.3. The maximum absolute atomic E-state index is 13.0. The lowest BCUT2D eigenvalue weighted by Crippen LogP contribution is -2.12. The Morgan fingerprint density at radius 3 is 2.32 bits per heavy atom. The van der Waals surface area contributed by atoms with Crippen molar-refractivity contribution in [3.05, 3.63) is 83.9 Å². The van der Waals surface area contributed by atoms with Gasteiger partial charge in [0.05, 0.1) is 17.4 Å². The Balaban J connectivity index is 1.71. The van der Waals surface area contributed by atoms with Crippen molar-refractivity contribution in [1.29, 1.82) is 0 Å². The molecule has 0 spiro atoms. The van der Waals surface area contributed by atoms with Crippen molar-refractivity contribution >= 4 is 23.0 Å². The van der Waals surface area contributed by atoms with Crippen LogP contribution in [0.15, 0.2) is 67.0 Å². The quantitative estimate of drug-likeness (QED) is 0.705. The van der Waals surface area contributed by atoms with Gasteiger partial charge in [-0.1, -0.05) is 19.1 Å². The Kier molecular flexibility index (Phi) is 5.04. The molecule has 2 N–H and O–H groups in total. The number of nitrogens with zero attached hydrogens (tertiary/aromatic N) is 1. The van der Waals surface area contributed by atoms with Crippen molar-refractivity contribution < 1.29 is 9.18 Å². The van der Waals surface area contributed by atoms with Crippen LogP contribution in [0.3, 0.4) is 0 Å². The van der Waals surface area contributed by atoms with Crippen LogP contribution in [-0.2, 0) is 6.42 Å². The predicted molar refractivity (Wildman–Crippen MR) is 97.7 cm³/mol. The number of hydrogen-bond donors (Lipinski definition) is 2. The van der Waals surface area contributed by atoms with E-state index in [-0.39, 0.29) is 11.7 Å². The van der Waals surface area contributed by atoms with Gasteiger partial charge in [-0.15, -0.1) is 0 Å². The summed E-state index contributed by atoms with van der Waals surface area (Å²) in [6, 6.07) is 15.4. The van der Waals surface area contributed by atoms with E-state index < -0.39 is 0 Å². The number of carbonyl (C=O) groups excluding carboxylic acids is 1. The molecule has 0 aliphatic heterocycles. The molecule has 0 bridgehead atoms. The molecule has 4 nitrogen and oxygen atoms in total. The van der Waals surface area contributed by atoms with E-state index in [9.17, 15) is 9.18 Å². The van der Waals surface area contributed by atoms with Crippen LogP contribution in [0.4, 0.5) is 21.5 Å². The Morgan fingerprint density at radius 2 is 1.64 bits per heavy atom. The molecule has 0 fully saturated rings. The van der Waals surface area contributed by atoms with Gasteiger partial charge in [-0.25, -0.2) is 4.39 Å². The van der Waals surface area contributed by atoms with E-state index in [1.54, 1.807) is 24.4 Å². The molecular formula is C20H18FN3O. The van der Waals surface area contributed by atoms with Crippen molar-refractivity contribution in [2.24, 2.45) is 0 Å². The third kappa shape index (κ3) is 4.41. The predicted octanol–water partition coefficient (Wildman–Crippen LogP) is 4.78. The number of rotatable bonds is 5. The van der Waals surface area contributed by atoms with Gasteiger partial charge in [0, 0.05) is 17.6 Å². The van der Waals surface area contributed by atoms with Crippen molar-refractivity contribution in [2.75, 3.05) is 10.6 Å². The molecule has 1 heterocycles. The SMILES string of the molecule is CCc1ccc(NC(=O)c2cncc(Nc3ccc(F)cc3)c2)cc1. The zero-order valence-corrected chi connectivity index (χ0v) is 13.8. The van der Waals surface area contributed by atoms with Crippen LogP contribution in [0.25, 0.3) is 0 Å². The van der Waals surface area contributed by atoms with Crippen molar-refractivity contribution in [3.8, 4) is 0 Å². The van der Waals surface area contributed by atoms with E-state index in [1.807, 2.05) is 24.3 Å². The molecule has 0 atom stereocenters. The highest BCUT2D eigenvalue weighted by atomic mass is 19.1. The van der Waals surface area contributed by atoms with Crippen LogP contribution in [0.5, 0.6) is 0 Å². The Labute approximate surface area is 145 Å². The first-order chi connectivity index (χ1) is 12.1. The first-order valence-corrected chi connectivity index (χ1v) is 8.02. The maximum Gasteiger partial charge on any atom is 0.257 e. The summed E-state index contributed by atoms with van der Waals surface area (Å²) in [4.78, 5) is 16.5. The number of anilines is 3. The second-order valence-electron chi connectivity index (χ2n) is 5.60. The highest BCUT2D eigenvalue weighted by Gasteiger charge is 2.08. The second-order valence-corrected chi connectivity index (χ2v) is 5.60.